The first kappa shape index (κ1) is 15.3. The maximum Gasteiger partial charge on any atom is 0.323 e. The molecule has 0 amide bonds. The second-order valence-electron chi connectivity index (χ2n) is 5.22. The molecule has 0 fully saturated rings. The van der Waals surface area contributed by atoms with Gasteiger partial charge in [-0.1, -0.05) is 30.3 Å². The molecule has 0 aromatic heterocycles. The van der Waals surface area contributed by atoms with Gasteiger partial charge in [0.05, 0.1) is 5.60 Å². The smallest absolute Gasteiger partial charge is 0.323 e. The van der Waals surface area contributed by atoms with Crippen molar-refractivity contribution in [3.63, 3.8) is 0 Å². The zero-order valence-electron chi connectivity index (χ0n) is 11.3. The molecule has 0 radical (unpaired) electrons. The van der Waals surface area contributed by atoms with Crippen molar-refractivity contribution >= 4 is 11.8 Å². The molecule has 0 heterocycles. The maximum absolute atomic E-state index is 11.9. The first-order chi connectivity index (χ1) is 8.79. The van der Waals surface area contributed by atoms with Crippen molar-refractivity contribution in [1.82, 2.24) is 5.48 Å². The van der Waals surface area contributed by atoms with Crippen LogP contribution in [-0.4, -0.2) is 28.5 Å². The Balaban J connectivity index is 2.64. The van der Waals surface area contributed by atoms with Gasteiger partial charge in [0.25, 0.3) is 0 Å². The molecule has 0 bridgehead atoms. The summed E-state index contributed by atoms with van der Waals surface area (Å²) in [6, 6.07) is 7.53. The van der Waals surface area contributed by atoms with Crippen LogP contribution in [0, 0.1) is 0 Å². The zero-order valence-corrected chi connectivity index (χ0v) is 11.3. The summed E-state index contributed by atoms with van der Waals surface area (Å²) in [6.07, 6.45) is -0.157. The molecule has 1 atom stereocenters. The Bertz CT molecular complexity index is 437. The molecule has 1 aromatic rings. The fraction of sp³-hybridized carbons (Fsp3) is 0.429. The number of hydrogen-bond donors (Lipinski definition) is 2. The van der Waals surface area contributed by atoms with E-state index in [9.17, 15) is 9.59 Å². The number of aliphatic carboxylic acids is 1. The second kappa shape index (κ2) is 6.45. The highest BCUT2D eigenvalue weighted by atomic mass is 16.7. The van der Waals surface area contributed by atoms with Crippen molar-refractivity contribution in [2.24, 2.45) is 0 Å². The Morgan fingerprint density at radius 2 is 1.84 bits per heavy atom. The van der Waals surface area contributed by atoms with E-state index < -0.39 is 17.6 Å². The summed E-state index contributed by atoms with van der Waals surface area (Å²) in [6.45, 7) is 5.37. The lowest BCUT2D eigenvalue weighted by Crippen LogP contribution is -2.42. The van der Waals surface area contributed by atoms with Gasteiger partial charge in [-0.25, -0.2) is 0 Å². The summed E-state index contributed by atoms with van der Waals surface area (Å²) in [5, 5.41) is 9.07. The minimum absolute atomic E-state index is 0.157. The summed E-state index contributed by atoms with van der Waals surface area (Å²) in [5.41, 5.74) is 2.41. The third-order valence-electron chi connectivity index (χ3n) is 2.29. The molecule has 1 unspecified atom stereocenters. The van der Waals surface area contributed by atoms with E-state index >= 15 is 0 Å². The minimum Gasteiger partial charge on any atom is -0.480 e. The average molecular weight is 265 g/mol. The van der Waals surface area contributed by atoms with Crippen LogP contribution in [0.25, 0.3) is 0 Å². The van der Waals surface area contributed by atoms with Gasteiger partial charge in [0.2, 0.25) is 0 Å². The lowest BCUT2D eigenvalue weighted by atomic mass is 10.0. The number of rotatable bonds is 6. The van der Waals surface area contributed by atoms with Gasteiger partial charge in [-0.2, -0.15) is 5.48 Å². The van der Waals surface area contributed by atoms with E-state index in [-0.39, 0.29) is 12.2 Å². The van der Waals surface area contributed by atoms with E-state index in [0.29, 0.717) is 5.56 Å². The molecular weight excluding hydrogens is 246 g/mol. The first-order valence-electron chi connectivity index (χ1n) is 6.04. The predicted molar refractivity (Wildman–Crippen MR) is 70.8 cm³/mol. The largest absolute Gasteiger partial charge is 0.480 e. The lowest BCUT2D eigenvalue weighted by molar-refractivity contribution is -0.150. The van der Waals surface area contributed by atoms with Crippen molar-refractivity contribution in [2.75, 3.05) is 0 Å². The Morgan fingerprint density at radius 1 is 1.26 bits per heavy atom. The summed E-state index contributed by atoms with van der Waals surface area (Å²) in [7, 11) is 0. The SMILES string of the molecule is CC(C)(C)ONC(CC(=O)c1ccccc1)C(=O)O. The normalized spacial score (nSPS) is 13.0. The minimum atomic E-state index is -1.12. The molecule has 0 spiro atoms. The van der Waals surface area contributed by atoms with Gasteiger partial charge in [-0.15, -0.1) is 0 Å². The number of carbonyl (C=O) groups excluding carboxylic acids is 1. The van der Waals surface area contributed by atoms with Crippen LogP contribution in [0.1, 0.15) is 37.6 Å². The molecule has 5 nitrogen and oxygen atoms in total. The van der Waals surface area contributed by atoms with Gasteiger partial charge in [-0.3, -0.25) is 14.4 Å². The Kier molecular flexibility index (Phi) is 5.20. The van der Waals surface area contributed by atoms with Crippen LogP contribution in [-0.2, 0) is 9.63 Å². The molecule has 104 valence electrons. The van der Waals surface area contributed by atoms with E-state index in [0.717, 1.165) is 0 Å². The molecule has 0 saturated heterocycles. The quantitative estimate of drug-likeness (QED) is 0.608. The van der Waals surface area contributed by atoms with Gasteiger partial charge in [0, 0.05) is 12.0 Å². The highest BCUT2D eigenvalue weighted by molar-refractivity contribution is 5.98. The van der Waals surface area contributed by atoms with E-state index in [1.807, 2.05) is 0 Å². The summed E-state index contributed by atoms with van der Waals surface area (Å²) in [5.74, 6) is -1.36. The topological polar surface area (TPSA) is 75.6 Å². The molecule has 1 rings (SSSR count). The van der Waals surface area contributed by atoms with Crippen molar-refractivity contribution in [3.8, 4) is 0 Å². The number of Topliss-reactive ketones (excluding diaryl/α,β-unsaturated/α-hetero) is 1. The number of carboxylic acids is 1. The van der Waals surface area contributed by atoms with Gasteiger partial charge < -0.3 is 5.11 Å². The van der Waals surface area contributed by atoms with Crippen molar-refractivity contribution < 1.29 is 19.5 Å². The molecule has 0 aliphatic carbocycles. The number of carboxylic acid groups (broad SMARTS) is 1. The van der Waals surface area contributed by atoms with E-state index in [2.05, 4.69) is 5.48 Å². The van der Waals surface area contributed by atoms with Gasteiger partial charge in [0.1, 0.15) is 6.04 Å². The maximum atomic E-state index is 11.9. The third-order valence-corrected chi connectivity index (χ3v) is 2.29. The average Bonchev–Trinajstić information content (AvgIpc) is 2.33. The van der Waals surface area contributed by atoms with Gasteiger partial charge >= 0.3 is 5.97 Å². The molecule has 1 aromatic carbocycles. The number of benzene rings is 1. The molecular formula is C14H19NO4. The fourth-order valence-electron chi connectivity index (χ4n) is 1.35. The third kappa shape index (κ3) is 5.63. The Morgan fingerprint density at radius 3 is 2.32 bits per heavy atom. The molecule has 0 saturated carbocycles. The molecule has 5 heteroatoms. The van der Waals surface area contributed by atoms with Gasteiger partial charge in [0.15, 0.2) is 5.78 Å². The van der Waals surface area contributed by atoms with Crippen LogP contribution in [0.3, 0.4) is 0 Å². The number of ketones is 1. The van der Waals surface area contributed by atoms with Crippen molar-refractivity contribution in [2.45, 2.75) is 38.8 Å². The van der Waals surface area contributed by atoms with Crippen LogP contribution in [0.4, 0.5) is 0 Å². The number of hydrogen-bond acceptors (Lipinski definition) is 4. The van der Waals surface area contributed by atoms with Crippen LogP contribution in [0.5, 0.6) is 0 Å². The Hall–Kier alpha value is -1.72. The van der Waals surface area contributed by atoms with Gasteiger partial charge in [-0.05, 0) is 20.8 Å². The highest BCUT2D eigenvalue weighted by Crippen LogP contribution is 2.09. The number of hydroxylamine groups is 1. The van der Waals surface area contributed by atoms with Crippen LogP contribution < -0.4 is 5.48 Å². The molecule has 2 N–H and O–H groups in total. The van der Waals surface area contributed by atoms with E-state index in [4.69, 9.17) is 9.94 Å². The first-order valence-corrected chi connectivity index (χ1v) is 6.04. The van der Waals surface area contributed by atoms with Crippen LogP contribution in [0.2, 0.25) is 0 Å². The van der Waals surface area contributed by atoms with Crippen molar-refractivity contribution in [3.05, 3.63) is 35.9 Å². The number of carbonyl (C=O) groups is 2. The fourth-order valence-corrected chi connectivity index (χ4v) is 1.35. The van der Waals surface area contributed by atoms with E-state index in [1.165, 1.54) is 0 Å². The molecule has 0 aliphatic rings. The van der Waals surface area contributed by atoms with E-state index in [1.54, 1.807) is 51.1 Å². The Labute approximate surface area is 112 Å². The van der Waals surface area contributed by atoms with Crippen molar-refractivity contribution in [1.29, 1.82) is 0 Å². The van der Waals surface area contributed by atoms with Crippen LogP contribution >= 0.6 is 0 Å². The lowest BCUT2D eigenvalue weighted by Gasteiger charge is -2.22. The molecule has 0 aliphatic heterocycles. The molecule has 19 heavy (non-hydrogen) atoms. The monoisotopic (exact) mass is 265 g/mol. The second-order valence-corrected chi connectivity index (χ2v) is 5.22. The predicted octanol–water partition coefficient (Wildman–Crippen LogP) is 2.03. The zero-order chi connectivity index (χ0) is 14.5. The number of nitrogens with one attached hydrogen (secondary N) is 1. The highest BCUT2D eigenvalue weighted by Gasteiger charge is 2.24. The summed E-state index contributed by atoms with van der Waals surface area (Å²) in [4.78, 5) is 28.2. The summed E-state index contributed by atoms with van der Waals surface area (Å²) < 4.78 is 0. The van der Waals surface area contributed by atoms with Crippen LogP contribution in [0.15, 0.2) is 30.3 Å². The standard InChI is InChI=1S/C14H19NO4/c1-14(2,3)19-15-11(13(17)18)9-12(16)10-7-5-4-6-8-10/h4-8,11,15H,9H2,1-3H3,(H,17,18). The summed E-state index contributed by atoms with van der Waals surface area (Å²) >= 11 is 0.